The molecule has 0 bridgehead atoms. The molecule has 1 aliphatic heterocycles. The van der Waals surface area contributed by atoms with Crippen LogP contribution in [0.3, 0.4) is 0 Å². The first-order valence-corrected chi connectivity index (χ1v) is 7.05. The summed E-state index contributed by atoms with van der Waals surface area (Å²) < 4.78 is 0. The lowest BCUT2D eigenvalue weighted by Gasteiger charge is -2.36. The Morgan fingerprint density at radius 1 is 1.14 bits per heavy atom. The smallest absolute Gasteiger partial charge is 0.162 e. The van der Waals surface area contributed by atoms with Gasteiger partial charge in [-0.15, -0.1) is 24.8 Å². The summed E-state index contributed by atoms with van der Waals surface area (Å²) in [6, 6.07) is 5.43. The van der Waals surface area contributed by atoms with Crippen molar-refractivity contribution in [2.24, 2.45) is 5.92 Å². The van der Waals surface area contributed by atoms with Crippen LogP contribution in [0.4, 0.5) is 0 Å². The zero-order valence-electron chi connectivity index (χ0n) is 12.6. The Morgan fingerprint density at radius 2 is 1.76 bits per heavy atom. The summed E-state index contributed by atoms with van der Waals surface area (Å²) in [6.45, 7) is 8.30. The molecule has 0 unspecified atom stereocenters. The number of aromatic hydroxyl groups is 2. The van der Waals surface area contributed by atoms with Crippen molar-refractivity contribution in [2.45, 2.75) is 26.3 Å². The lowest BCUT2D eigenvalue weighted by Crippen LogP contribution is -2.45. The van der Waals surface area contributed by atoms with E-state index in [1.165, 1.54) is 6.07 Å². The highest BCUT2D eigenvalue weighted by molar-refractivity contribution is 5.85. The highest BCUT2D eigenvalue weighted by Crippen LogP contribution is 2.38. The number of benzene rings is 1. The largest absolute Gasteiger partial charge is 0.504 e. The van der Waals surface area contributed by atoms with Crippen LogP contribution in [0.15, 0.2) is 18.2 Å². The van der Waals surface area contributed by atoms with Gasteiger partial charge >= 0.3 is 0 Å². The number of phenolic OH excluding ortho intramolecular Hbond substituents is 2. The first-order chi connectivity index (χ1) is 9.09. The van der Waals surface area contributed by atoms with Gasteiger partial charge in [-0.3, -0.25) is 4.90 Å². The maximum atomic E-state index is 10.1. The molecule has 0 amide bonds. The van der Waals surface area contributed by atoms with Gasteiger partial charge in [-0.25, -0.2) is 0 Å². The second kappa shape index (κ2) is 9.36. The van der Waals surface area contributed by atoms with Gasteiger partial charge in [0.05, 0.1) is 0 Å². The Morgan fingerprint density at radius 3 is 2.33 bits per heavy atom. The van der Waals surface area contributed by atoms with Crippen molar-refractivity contribution in [3.63, 3.8) is 0 Å². The maximum absolute atomic E-state index is 10.1. The van der Waals surface area contributed by atoms with Gasteiger partial charge in [0.15, 0.2) is 11.5 Å². The number of para-hydroxylation sites is 1. The molecule has 1 aromatic carbocycles. The number of hydrogen-bond donors (Lipinski definition) is 3. The third kappa shape index (κ3) is 5.22. The highest BCUT2D eigenvalue weighted by atomic mass is 35.5. The van der Waals surface area contributed by atoms with E-state index in [-0.39, 0.29) is 42.4 Å². The molecule has 0 aliphatic carbocycles. The lowest BCUT2D eigenvalue weighted by molar-refractivity contribution is 0.151. The molecular weight excluding hydrogens is 311 g/mol. The van der Waals surface area contributed by atoms with Crippen LogP contribution in [0.1, 0.15) is 31.9 Å². The second-order valence-electron chi connectivity index (χ2n) is 5.65. The van der Waals surface area contributed by atoms with Crippen LogP contribution < -0.4 is 5.32 Å². The molecule has 2 rings (SSSR count). The topological polar surface area (TPSA) is 55.7 Å². The number of rotatable bonds is 4. The van der Waals surface area contributed by atoms with Crippen LogP contribution in [0.25, 0.3) is 0 Å². The number of hydrogen-bond acceptors (Lipinski definition) is 4. The van der Waals surface area contributed by atoms with Crippen LogP contribution in [-0.2, 0) is 0 Å². The van der Waals surface area contributed by atoms with Crippen LogP contribution in [0.5, 0.6) is 11.5 Å². The van der Waals surface area contributed by atoms with Crippen molar-refractivity contribution in [2.75, 3.05) is 26.2 Å². The fraction of sp³-hybridized carbons (Fsp3) is 0.600. The molecule has 0 aromatic heterocycles. The third-order valence-electron chi connectivity index (χ3n) is 3.69. The van der Waals surface area contributed by atoms with E-state index in [1.807, 2.05) is 6.07 Å². The summed E-state index contributed by atoms with van der Waals surface area (Å²) in [4.78, 5) is 2.39. The van der Waals surface area contributed by atoms with Gasteiger partial charge < -0.3 is 15.5 Å². The predicted molar refractivity (Wildman–Crippen MR) is 90.9 cm³/mol. The Kier molecular flexibility index (Phi) is 9.06. The van der Waals surface area contributed by atoms with Crippen LogP contribution in [0.2, 0.25) is 0 Å². The molecule has 1 heterocycles. The van der Waals surface area contributed by atoms with E-state index in [0.717, 1.165) is 38.2 Å². The van der Waals surface area contributed by atoms with E-state index in [2.05, 4.69) is 24.1 Å². The van der Waals surface area contributed by atoms with Crippen molar-refractivity contribution in [1.82, 2.24) is 10.2 Å². The number of phenols is 2. The molecular formula is C15H26Cl2N2O2. The molecule has 122 valence electrons. The zero-order valence-corrected chi connectivity index (χ0v) is 14.2. The second-order valence-corrected chi connectivity index (χ2v) is 5.65. The summed E-state index contributed by atoms with van der Waals surface area (Å²) in [6.07, 6.45) is 0.983. The monoisotopic (exact) mass is 336 g/mol. The van der Waals surface area contributed by atoms with Crippen molar-refractivity contribution < 1.29 is 10.2 Å². The number of piperazine rings is 1. The van der Waals surface area contributed by atoms with Crippen molar-refractivity contribution in [3.05, 3.63) is 23.8 Å². The molecule has 1 saturated heterocycles. The molecule has 1 aliphatic rings. The Hall–Kier alpha value is -0.680. The predicted octanol–water partition coefficient (Wildman–Crippen LogP) is 2.93. The summed E-state index contributed by atoms with van der Waals surface area (Å²) in [5.74, 6) is 0.551. The molecule has 1 fully saturated rings. The SMILES string of the molecule is CC(C)C[C@@H](c1cccc(O)c1O)N1CCNCC1.Cl.Cl. The van der Waals surface area contributed by atoms with E-state index >= 15 is 0 Å². The summed E-state index contributed by atoms with van der Waals surface area (Å²) in [5.41, 5.74) is 0.843. The van der Waals surface area contributed by atoms with E-state index in [0.29, 0.717) is 5.92 Å². The number of halogens is 2. The van der Waals surface area contributed by atoms with E-state index < -0.39 is 0 Å². The van der Waals surface area contributed by atoms with Crippen LogP contribution in [-0.4, -0.2) is 41.3 Å². The molecule has 6 heteroatoms. The standard InChI is InChI=1S/C15H24N2O2.2ClH/c1-11(2)10-13(17-8-6-16-7-9-17)12-4-3-5-14(18)15(12)19;;/h3-5,11,13,16,18-19H,6-10H2,1-2H3;2*1H/t13-;;/m0../s1. The van der Waals surface area contributed by atoms with Gasteiger partial charge in [0, 0.05) is 37.8 Å². The number of nitrogens with zero attached hydrogens (tertiary/aromatic N) is 1. The van der Waals surface area contributed by atoms with E-state index in [4.69, 9.17) is 0 Å². The van der Waals surface area contributed by atoms with Gasteiger partial charge in [-0.1, -0.05) is 26.0 Å². The Balaban J connectivity index is 0.00000200. The molecule has 0 saturated carbocycles. The first kappa shape index (κ1) is 20.3. The molecule has 1 atom stereocenters. The molecule has 0 spiro atoms. The minimum absolute atomic E-state index is 0. The van der Waals surface area contributed by atoms with Crippen LogP contribution >= 0.6 is 24.8 Å². The van der Waals surface area contributed by atoms with Crippen LogP contribution in [0, 0.1) is 5.92 Å². The molecule has 4 nitrogen and oxygen atoms in total. The van der Waals surface area contributed by atoms with Crippen molar-refractivity contribution in [1.29, 1.82) is 0 Å². The van der Waals surface area contributed by atoms with Gasteiger partial charge in [0.1, 0.15) is 0 Å². The van der Waals surface area contributed by atoms with Crippen molar-refractivity contribution in [3.8, 4) is 11.5 Å². The van der Waals surface area contributed by atoms with Gasteiger partial charge in [-0.2, -0.15) is 0 Å². The number of nitrogens with one attached hydrogen (secondary N) is 1. The highest BCUT2D eigenvalue weighted by Gasteiger charge is 2.26. The van der Waals surface area contributed by atoms with Gasteiger partial charge in [-0.05, 0) is 18.4 Å². The maximum Gasteiger partial charge on any atom is 0.162 e. The van der Waals surface area contributed by atoms with Crippen molar-refractivity contribution >= 4 is 24.8 Å². The lowest BCUT2D eigenvalue weighted by atomic mass is 9.94. The van der Waals surface area contributed by atoms with Gasteiger partial charge in [0.25, 0.3) is 0 Å². The van der Waals surface area contributed by atoms with E-state index in [9.17, 15) is 10.2 Å². The van der Waals surface area contributed by atoms with E-state index in [1.54, 1.807) is 6.07 Å². The minimum atomic E-state index is -0.0265. The minimum Gasteiger partial charge on any atom is -0.504 e. The average Bonchev–Trinajstić information content (AvgIpc) is 2.40. The molecule has 1 aromatic rings. The van der Waals surface area contributed by atoms with Gasteiger partial charge in [0.2, 0.25) is 0 Å². The quantitative estimate of drug-likeness (QED) is 0.740. The summed E-state index contributed by atoms with van der Waals surface area (Å²) in [7, 11) is 0. The summed E-state index contributed by atoms with van der Waals surface area (Å²) >= 11 is 0. The Bertz CT molecular complexity index is 424. The third-order valence-corrected chi connectivity index (χ3v) is 3.69. The molecule has 0 radical (unpaired) electrons. The normalized spacial score (nSPS) is 16.9. The Labute approximate surface area is 139 Å². The molecule has 3 N–H and O–H groups in total. The first-order valence-electron chi connectivity index (χ1n) is 7.05. The molecule has 21 heavy (non-hydrogen) atoms. The summed E-state index contributed by atoms with van der Waals surface area (Å²) in [5, 5.41) is 23.2. The zero-order chi connectivity index (χ0) is 13.8. The average molecular weight is 337 g/mol. The fourth-order valence-electron chi connectivity index (χ4n) is 2.73. The fourth-order valence-corrected chi connectivity index (χ4v) is 2.73.